The van der Waals surface area contributed by atoms with E-state index in [4.69, 9.17) is 9.84 Å². The highest BCUT2D eigenvalue weighted by molar-refractivity contribution is 5.69. The van der Waals surface area contributed by atoms with Crippen LogP contribution in [0.25, 0.3) is 0 Å². The van der Waals surface area contributed by atoms with Gasteiger partial charge < -0.3 is 9.84 Å². The second-order valence-corrected chi connectivity index (χ2v) is 4.15. The molecule has 2 atom stereocenters. The Hall–Kier alpha value is -1.43. The molecule has 1 aliphatic heterocycles. The SMILES string of the molecule is CC1CCC(Cn2cc(CC(=O)O)nn2)O1. The molecular formula is C10H15N3O3. The Labute approximate surface area is 93.2 Å². The van der Waals surface area contributed by atoms with E-state index in [1.807, 2.05) is 0 Å². The maximum atomic E-state index is 10.5. The lowest BCUT2D eigenvalue weighted by Gasteiger charge is -2.09. The summed E-state index contributed by atoms with van der Waals surface area (Å²) in [6.45, 7) is 2.70. The van der Waals surface area contributed by atoms with Crippen LogP contribution in [-0.4, -0.2) is 38.3 Å². The molecule has 0 bridgehead atoms. The third-order valence-corrected chi connectivity index (χ3v) is 2.63. The van der Waals surface area contributed by atoms with Gasteiger partial charge in [0.15, 0.2) is 0 Å². The van der Waals surface area contributed by atoms with E-state index in [0.29, 0.717) is 18.3 Å². The molecule has 1 saturated heterocycles. The molecule has 1 fully saturated rings. The molecule has 0 amide bonds. The van der Waals surface area contributed by atoms with Crippen LogP contribution in [-0.2, 0) is 22.5 Å². The Bertz CT molecular complexity index is 377. The van der Waals surface area contributed by atoms with E-state index < -0.39 is 5.97 Å². The number of carboxylic acids is 1. The number of aromatic nitrogens is 3. The van der Waals surface area contributed by atoms with Crippen molar-refractivity contribution in [2.24, 2.45) is 0 Å². The van der Waals surface area contributed by atoms with Crippen LogP contribution in [0.4, 0.5) is 0 Å². The van der Waals surface area contributed by atoms with Crippen LogP contribution in [0.2, 0.25) is 0 Å². The van der Waals surface area contributed by atoms with Crippen LogP contribution in [0.15, 0.2) is 6.20 Å². The molecule has 88 valence electrons. The first-order chi connectivity index (χ1) is 7.63. The minimum absolute atomic E-state index is 0.0814. The molecule has 1 aromatic rings. The highest BCUT2D eigenvalue weighted by Crippen LogP contribution is 2.20. The van der Waals surface area contributed by atoms with E-state index in [9.17, 15) is 4.79 Å². The topological polar surface area (TPSA) is 77.2 Å². The van der Waals surface area contributed by atoms with Gasteiger partial charge in [0.2, 0.25) is 0 Å². The molecule has 16 heavy (non-hydrogen) atoms. The summed E-state index contributed by atoms with van der Waals surface area (Å²) in [6, 6.07) is 0. The van der Waals surface area contributed by atoms with E-state index in [1.54, 1.807) is 10.9 Å². The Kier molecular flexibility index (Phi) is 3.19. The Morgan fingerprint density at radius 3 is 3.12 bits per heavy atom. The molecule has 2 rings (SSSR count). The molecule has 0 aromatic carbocycles. The van der Waals surface area contributed by atoms with E-state index >= 15 is 0 Å². The minimum Gasteiger partial charge on any atom is -0.481 e. The molecule has 6 nitrogen and oxygen atoms in total. The third-order valence-electron chi connectivity index (χ3n) is 2.63. The fourth-order valence-electron chi connectivity index (χ4n) is 1.89. The summed E-state index contributed by atoms with van der Waals surface area (Å²) in [4.78, 5) is 10.5. The van der Waals surface area contributed by atoms with Crippen molar-refractivity contribution in [1.82, 2.24) is 15.0 Å². The molecule has 0 spiro atoms. The quantitative estimate of drug-likeness (QED) is 0.806. The first-order valence-electron chi connectivity index (χ1n) is 5.40. The molecule has 2 unspecified atom stereocenters. The zero-order chi connectivity index (χ0) is 11.5. The second-order valence-electron chi connectivity index (χ2n) is 4.15. The lowest BCUT2D eigenvalue weighted by atomic mass is 10.2. The summed E-state index contributed by atoms with van der Waals surface area (Å²) in [5.74, 6) is -0.891. The minimum atomic E-state index is -0.891. The van der Waals surface area contributed by atoms with Crippen LogP contribution in [0, 0.1) is 0 Å². The van der Waals surface area contributed by atoms with E-state index in [0.717, 1.165) is 12.8 Å². The van der Waals surface area contributed by atoms with E-state index in [2.05, 4.69) is 17.2 Å². The number of hydrogen-bond acceptors (Lipinski definition) is 4. The summed E-state index contributed by atoms with van der Waals surface area (Å²) >= 11 is 0. The van der Waals surface area contributed by atoms with Crippen LogP contribution < -0.4 is 0 Å². The van der Waals surface area contributed by atoms with E-state index in [-0.39, 0.29) is 12.5 Å². The van der Waals surface area contributed by atoms with Gasteiger partial charge >= 0.3 is 5.97 Å². The van der Waals surface area contributed by atoms with Crippen molar-refractivity contribution in [3.8, 4) is 0 Å². The van der Waals surface area contributed by atoms with Crippen molar-refractivity contribution in [2.75, 3.05) is 0 Å². The van der Waals surface area contributed by atoms with Crippen molar-refractivity contribution in [1.29, 1.82) is 0 Å². The lowest BCUT2D eigenvalue weighted by molar-refractivity contribution is -0.136. The maximum Gasteiger partial charge on any atom is 0.309 e. The second kappa shape index (κ2) is 4.61. The van der Waals surface area contributed by atoms with Crippen LogP contribution >= 0.6 is 0 Å². The Morgan fingerprint density at radius 1 is 1.69 bits per heavy atom. The molecular weight excluding hydrogens is 210 g/mol. The van der Waals surface area contributed by atoms with Gasteiger partial charge in [0, 0.05) is 6.20 Å². The standard InChI is InChI=1S/C10H15N3O3/c1-7-2-3-9(16-7)6-13-5-8(11-12-13)4-10(14)15/h5,7,9H,2-4,6H2,1H3,(H,14,15). The van der Waals surface area contributed by atoms with Crippen molar-refractivity contribution in [3.05, 3.63) is 11.9 Å². The normalized spacial score (nSPS) is 24.8. The number of nitrogens with zero attached hydrogens (tertiary/aromatic N) is 3. The Balaban J connectivity index is 1.90. The molecule has 1 aliphatic rings. The summed E-state index contributed by atoms with van der Waals surface area (Å²) < 4.78 is 7.30. The van der Waals surface area contributed by atoms with Gasteiger partial charge in [-0.25, -0.2) is 4.68 Å². The van der Waals surface area contributed by atoms with Gasteiger partial charge in [0.05, 0.1) is 30.9 Å². The van der Waals surface area contributed by atoms with Gasteiger partial charge in [-0.15, -0.1) is 5.10 Å². The van der Waals surface area contributed by atoms with Gasteiger partial charge in [-0.05, 0) is 19.8 Å². The van der Waals surface area contributed by atoms with Crippen LogP contribution in [0.3, 0.4) is 0 Å². The maximum absolute atomic E-state index is 10.5. The highest BCUT2D eigenvalue weighted by atomic mass is 16.5. The van der Waals surface area contributed by atoms with Gasteiger partial charge in [-0.1, -0.05) is 5.21 Å². The van der Waals surface area contributed by atoms with Crippen molar-refractivity contribution in [2.45, 2.75) is 44.9 Å². The number of carboxylic acid groups (broad SMARTS) is 1. The zero-order valence-electron chi connectivity index (χ0n) is 9.17. The number of hydrogen-bond donors (Lipinski definition) is 1. The van der Waals surface area contributed by atoms with Gasteiger partial charge in [0.1, 0.15) is 0 Å². The fraction of sp³-hybridized carbons (Fsp3) is 0.700. The first-order valence-corrected chi connectivity index (χ1v) is 5.40. The number of aliphatic carboxylic acids is 1. The monoisotopic (exact) mass is 225 g/mol. The summed E-state index contributed by atoms with van der Waals surface area (Å²) in [5, 5.41) is 16.3. The highest BCUT2D eigenvalue weighted by Gasteiger charge is 2.22. The van der Waals surface area contributed by atoms with Crippen LogP contribution in [0.5, 0.6) is 0 Å². The number of rotatable bonds is 4. The Morgan fingerprint density at radius 2 is 2.50 bits per heavy atom. The summed E-state index contributed by atoms with van der Waals surface area (Å²) in [5.41, 5.74) is 0.485. The predicted octanol–water partition coefficient (Wildman–Crippen LogP) is 0.473. The van der Waals surface area contributed by atoms with Crippen molar-refractivity contribution < 1.29 is 14.6 Å². The van der Waals surface area contributed by atoms with E-state index in [1.165, 1.54) is 0 Å². The molecule has 1 N–H and O–H groups in total. The smallest absolute Gasteiger partial charge is 0.309 e. The van der Waals surface area contributed by atoms with Crippen molar-refractivity contribution >= 4 is 5.97 Å². The fourth-order valence-corrected chi connectivity index (χ4v) is 1.89. The van der Waals surface area contributed by atoms with Gasteiger partial charge in [-0.3, -0.25) is 4.79 Å². The van der Waals surface area contributed by atoms with Gasteiger partial charge in [0.25, 0.3) is 0 Å². The summed E-state index contributed by atoms with van der Waals surface area (Å²) in [7, 11) is 0. The average Bonchev–Trinajstić information content (AvgIpc) is 2.76. The first kappa shape index (κ1) is 11.1. The molecule has 0 aliphatic carbocycles. The molecule has 0 saturated carbocycles. The molecule has 1 aromatic heterocycles. The molecule has 2 heterocycles. The lowest BCUT2D eigenvalue weighted by Crippen LogP contribution is -2.16. The predicted molar refractivity (Wildman–Crippen MR) is 54.9 cm³/mol. The van der Waals surface area contributed by atoms with Crippen LogP contribution in [0.1, 0.15) is 25.5 Å². The molecule has 6 heteroatoms. The van der Waals surface area contributed by atoms with Gasteiger partial charge in [-0.2, -0.15) is 0 Å². The average molecular weight is 225 g/mol. The summed E-state index contributed by atoms with van der Waals surface area (Å²) in [6.07, 6.45) is 4.17. The number of carbonyl (C=O) groups is 1. The van der Waals surface area contributed by atoms with Crippen molar-refractivity contribution in [3.63, 3.8) is 0 Å². The number of ether oxygens (including phenoxy) is 1. The third kappa shape index (κ3) is 2.79. The zero-order valence-corrected chi connectivity index (χ0v) is 9.17. The molecule has 0 radical (unpaired) electrons. The largest absolute Gasteiger partial charge is 0.481 e.